The van der Waals surface area contributed by atoms with Crippen LogP contribution in [0.1, 0.15) is 30.5 Å². The average molecular weight is 417 g/mol. The Bertz CT molecular complexity index is 761. The Kier molecular flexibility index (Phi) is 8.07. The number of nitrogens with zero attached hydrogens (tertiary/aromatic N) is 2. The van der Waals surface area contributed by atoms with Gasteiger partial charge in [-0.2, -0.15) is 0 Å². The number of piperazine rings is 1. The highest BCUT2D eigenvalue weighted by molar-refractivity contribution is 6.30. The molecule has 3 rings (SSSR count). The maximum atomic E-state index is 11.1. The number of hydrogen-bond donors (Lipinski definition) is 1. The molecule has 2 aromatic rings. The molecule has 2 unspecified atom stereocenters. The molecule has 29 heavy (non-hydrogen) atoms. The quantitative estimate of drug-likeness (QED) is 0.671. The minimum Gasteiger partial charge on any atom is -0.479 e. The maximum absolute atomic E-state index is 11.1. The van der Waals surface area contributed by atoms with Gasteiger partial charge in [-0.25, -0.2) is 4.79 Å². The van der Waals surface area contributed by atoms with Crippen LogP contribution in [0.15, 0.2) is 54.6 Å². The molecule has 5 nitrogen and oxygen atoms in total. The molecule has 2 atom stereocenters. The highest BCUT2D eigenvalue weighted by Crippen LogP contribution is 2.30. The summed E-state index contributed by atoms with van der Waals surface area (Å²) >= 11 is 6.10. The number of hydrogen-bond acceptors (Lipinski definition) is 4. The van der Waals surface area contributed by atoms with E-state index in [2.05, 4.69) is 46.2 Å². The second-order valence-corrected chi connectivity index (χ2v) is 7.78. The fourth-order valence-corrected chi connectivity index (χ4v) is 3.95. The number of rotatable bonds is 9. The van der Waals surface area contributed by atoms with Gasteiger partial charge in [-0.1, -0.05) is 61.0 Å². The van der Waals surface area contributed by atoms with Crippen molar-refractivity contribution in [3.63, 3.8) is 0 Å². The number of halogens is 1. The van der Waals surface area contributed by atoms with E-state index in [4.69, 9.17) is 21.4 Å². The van der Waals surface area contributed by atoms with E-state index in [1.807, 2.05) is 25.1 Å². The fourth-order valence-electron chi connectivity index (χ4n) is 3.83. The summed E-state index contributed by atoms with van der Waals surface area (Å²) in [5.41, 5.74) is 2.52. The summed E-state index contributed by atoms with van der Waals surface area (Å²) in [7, 11) is 0. The molecule has 0 radical (unpaired) electrons. The van der Waals surface area contributed by atoms with Crippen molar-refractivity contribution < 1.29 is 14.6 Å². The van der Waals surface area contributed by atoms with Crippen molar-refractivity contribution >= 4 is 17.6 Å². The first-order valence-corrected chi connectivity index (χ1v) is 10.6. The van der Waals surface area contributed by atoms with E-state index in [0.29, 0.717) is 13.0 Å². The molecule has 0 aliphatic carbocycles. The smallest absolute Gasteiger partial charge is 0.332 e. The second-order valence-electron chi connectivity index (χ2n) is 7.35. The largest absolute Gasteiger partial charge is 0.479 e. The molecular formula is C23H29ClN2O3. The lowest BCUT2D eigenvalue weighted by atomic mass is 9.96. The van der Waals surface area contributed by atoms with Gasteiger partial charge in [0.1, 0.15) is 0 Å². The third-order valence-corrected chi connectivity index (χ3v) is 5.70. The Hall–Kier alpha value is -1.92. The Labute approximate surface area is 177 Å². The van der Waals surface area contributed by atoms with Crippen LogP contribution in [0.25, 0.3) is 0 Å². The van der Waals surface area contributed by atoms with E-state index in [-0.39, 0.29) is 6.04 Å². The zero-order valence-electron chi connectivity index (χ0n) is 16.8. The zero-order valence-corrected chi connectivity index (χ0v) is 17.6. The van der Waals surface area contributed by atoms with Crippen molar-refractivity contribution in [2.45, 2.75) is 25.5 Å². The first kappa shape index (κ1) is 21.8. The van der Waals surface area contributed by atoms with Gasteiger partial charge < -0.3 is 9.84 Å². The van der Waals surface area contributed by atoms with E-state index < -0.39 is 12.1 Å². The average Bonchev–Trinajstić information content (AvgIpc) is 2.74. The molecule has 0 saturated carbocycles. The molecule has 1 heterocycles. The van der Waals surface area contributed by atoms with E-state index in [1.54, 1.807) is 0 Å². The Morgan fingerprint density at radius 1 is 1.03 bits per heavy atom. The summed E-state index contributed by atoms with van der Waals surface area (Å²) in [6.45, 7) is 6.79. The number of aliphatic carboxylic acids is 1. The number of carboxylic acids is 1. The number of benzene rings is 2. The molecule has 6 heteroatoms. The lowest BCUT2D eigenvalue weighted by molar-refractivity contribution is -0.150. The third-order valence-electron chi connectivity index (χ3n) is 5.45. The number of ether oxygens (including phenoxy) is 1. The van der Waals surface area contributed by atoms with E-state index in [0.717, 1.165) is 37.7 Å². The van der Waals surface area contributed by atoms with Crippen molar-refractivity contribution in [2.24, 2.45) is 0 Å². The lowest BCUT2D eigenvalue weighted by Crippen LogP contribution is -2.48. The number of carbonyl (C=O) groups is 1. The summed E-state index contributed by atoms with van der Waals surface area (Å²) in [5, 5.41) is 9.83. The van der Waals surface area contributed by atoms with Crippen molar-refractivity contribution in [1.82, 2.24) is 9.80 Å². The first-order chi connectivity index (χ1) is 14.1. The predicted molar refractivity (Wildman–Crippen MR) is 115 cm³/mol. The topological polar surface area (TPSA) is 53.0 Å². The third kappa shape index (κ3) is 6.03. The number of carboxylic acid groups (broad SMARTS) is 1. The van der Waals surface area contributed by atoms with Crippen LogP contribution in [0.5, 0.6) is 0 Å². The van der Waals surface area contributed by atoms with Gasteiger partial charge in [0.25, 0.3) is 0 Å². The minimum atomic E-state index is -0.883. The van der Waals surface area contributed by atoms with E-state index >= 15 is 0 Å². The van der Waals surface area contributed by atoms with Crippen LogP contribution in [0.4, 0.5) is 0 Å². The van der Waals surface area contributed by atoms with Crippen LogP contribution in [0.3, 0.4) is 0 Å². The molecular weight excluding hydrogens is 388 g/mol. The predicted octanol–water partition coefficient (Wildman–Crippen LogP) is 3.93. The molecule has 2 aromatic carbocycles. The Morgan fingerprint density at radius 2 is 1.66 bits per heavy atom. The molecule has 1 N–H and O–H groups in total. The van der Waals surface area contributed by atoms with E-state index in [1.165, 1.54) is 11.1 Å². The minimum absolute atomic E-state index is 0.198. The van der Waals surface area contributed by atoms with Crippen LogP contribution in [-0.4, -0.2) is 66.3 Å². The van der Waals surface area contributed by atoms with Gasteiger partial charge in [-0.3, -0.25) is 9.80 Å². The monoisotopic (exact) mass is 416 g/mol. The molecule has 1 aliphatic rings. The molecule has 0 aromatic heterocycles. The molecule has 1 fully saturated rings. The van der Waals surface area contributed by atoms with Crippen molar-refractivity contribution in [3.8, 4) is 0 Å². The lowest BCUT2D eigenvalue weighted by Gasteiger charge is -2.39. The van der Waals surface area contributed by atoms with Gasteiger partial charge in [0, 0.05) is 37.7 Å². The van der Waals surface area contributed by atoms with Crippen LogP contribution in [-0.2, 0) is 9.53 Å². The Balaban J connectivity index is 1.60. The van der Waals surface area contributed by atoms with Gasteiger partial charge in [-0.05, 0) is 29.7 Å². The maximum Gasteiger partial charge on any atom is 0.332 e. The molecule has 0 bridgehead atoms. The molecule has 1 saturated heterocycles. The molecule has 156 valence electrons. The summed E-state index contributed by atoms with van der Waals surface area (Å²) in [5.74, 6) is -0.883. The van der Waals surface area contributed by atoms with Crippen molar-refractivity contribution in [1.29, 1.82) is 0 Å². The van der Waals surface area contributed by atoms with Crippen LogP contribution in [0, 0.1) is 0 Å². The summed E-state index contributed by atoms with van der Waals surface area (Å²) in [4.78, 5) is 15.9. The molecule has 0 amide bonds. The van der Waals surface area contributed by atoms with Gasteiger partial charge in [-0.15, -0.1) is 0 Å². The van der Waals surface area contributed by atoms with Gasteiger partial charge in [0.05, 0.1) is 12.6 Å². The highest BCUT2D eigenvalue weighted by atomic mass is 35.5. The summed E-state index contributed by atoms with van der Waals surface area (Å²) < 4.78 is 5.51. The van der Waals surface area contributed by atoms with E-state index in [9.17, 15) is 4.79 Å². The van der Waals surface area contributed by atoms with Crippen LogP contribution >= 0.6 is 11.6 Å². The van der Waals surface area contributed by atoms with Crippen molar-refractivity contribution in [2.75, 3.05) is 39.3 Å². The van der Waals surface area contributed by atoms with Gasteiger partial charge in [0.15, 0.2) is 6.10 Å². The summed E-state index contributed by atoms with van der Waals surface area (Å²) in [6.07, 6.45) is -0.216. The highest BCUT2D eigenvalue weighted by Gasteiger charge is 2.26. The summed E-state index contributed by atoms with van der Waals surface area (Å²) in [6, 6.07) is 18.9. The normalized spacial score (nSPS) is 17.7. The SMILES string of the molecule is CCC(OCCN1CCN(C(c2ccccc2)c2ccc(Cl)cc2)CC1)C(=O)O. The Morgan fingerprint density at radius 3 is 2.24 bits per heavy atom. The van der Waals surface area contributed by atoms with Crippen LogP contribution in [0.2, 0.25) is 5.02 Å². The first-order valence-electron chi connectivity index (χ1n) is 10.2. The second kappa shape index (κ2) is 10.7. The molecule has 0 spiro atoms. The fraction of sp³-hybridized carbons (Fsp3) is 0.435. The van der Waals surface area contributed by atoms with Gasteiger partial charge in [0.2, 0.25) is 0 Å². The van der Waals surface area contributed by atoms with Crippen molar-refractivity contribution in [3.05, 3.63) is 70.7 Å². The van der Waals surface area contributed by atoms with Crippen LogP contribution < -0.4 is 0 Å². The standard InChI is InChI=1S/C23H29ClN2O3/c1-2-21(23(27)28)29-17-16-25-12-14-26(15-13-25)22(18-6-4-3-5-7-18)19-8-10-20(24)11-9-19/h3-11,21-22H,2,12-17H2,1H3,(H,27,28). The molecule has 1 aliphatic heterocycles. The zero-order chi connectivity index (χ0) is 20.6. The van der Waals surface area contributed by atoms with Gasteiger partial charge >= 0.3 is 5.97 Å².